The molecular weight excluding hydrogens is 473 g/mol. The lowest BCUT2D eigenvalue weighted by molar-refractivity contribution is 0.325. The molecule has 0 radical (unpaired) electrons. The number of H-pyrrole nitrogens is 1. The fourth-order valence-electron chi connectivity index (χ4n) is 3.89. The second kappa shape index (κ2) is 9.14. The van der Waals surface area contributed by atoms with Gasteiger partial charge in [0.2, 0.25) is 0 Å². The van der Waals surface area contributed by atoms with Crippen LogP contribution in [0, 0.1) is 5.82 Å². The highest BCUT2D eigenvalue weighted by atomic mass is 32.1. The molecule has 1 aliphatic rings. The van der Waals surface area contributed by atoms with Gasteiger partial charge in [-0.05, 0) is 36.4 Å². The Labute approximate surface area is 203 Å². The van der Waals surface area contributed by atoms with Crippen molar-refractivity contribution < 1.29 is 13.9 Å². The summed E-state index contributed by atoms with van der Waals surface area (Å²) >= 11 is 5.02. The van der Waals surface area contributed by atoms with Crippen molar-refractivity contribution in [3.8, 4) is 17.4 Å². The number of aromatic amines is 1. The molecule has 1 atom stereocenters. The Balaban J connectivity index is 1.64. The zero-order chi connectivity index (χ0) is 24.5. The lowest BCUT2D eigenvalue weighted by Crippen LogP contribution is -2.18. The van der Waals surface area contributed by atoms with Gasteiger partial charge in [0.1, 0.15) is 16.8 Å². The second-order valence-corrected chi connectivity index (χ2v) is 8.12. The van der Waals surface area contributed by atoms with Crippen LogP contribution in [0.2, 0.25) is 0 Å². The molecule has 0 bridgehead atoms. The Morgan fingerprint density at radius 3 is 2.74 bits per heavy atom. The zero-order valence-electron chi connectivity index (χ0n) is 18.5. The third-order valence-corrected chi connectivity index (χ3v) is 5.80. The van der Waals surface area contributed by atoms with Gasteiger partial charge >= 0.3 is 5.69 Å². The van der Waals surface area contributed by atoms with E-state index in [9.17, 15) is 4.79 Å². The van der Waals surface area contributed by atoms with Crippen LogP contribution in [0.4, 0.5) is 10.1 Å². The SMILES string of the molecule is COc1cc(C(Nc2ccc(C(N)=S)cc2)c2nn(-c3ncccn3)c(=O)[nH]2)c(F)c2c1OCC2. The van der Waals surface area contributed by atoms with Gasteiger partial charge in [0.15, 0.2) is 17.3 Å². The number of aromatic nitrogens is 5. The van der Waals surface area contributed by atoms with E-state index in [-0.39, 0.29) is 22.3 Å². The summed E-state index contributed by atoms with van der Waals surface area (Å²) in [7, 11) is 1.49. The maximum Gasteiger partial charge on any atom is 0.350 e. The topological polar surface area (TPSA) is 133 Å². The molecule has 0 fully saturated rings. The van der Waals surface area contributed by atoms with E-state index in [1.54, 1.807) is 30.3 Å². The number of methoxy groups -OCH3 is 1. The fraction of sp³-hybridized carbons (Fsp3) is 0.174. The number of hydrogen-bond acceptors (Lipinski definition) is 8. The minimum absolute atomic E-state index is 0.0833. The Kier molecular flexibility index (Phi) is 5.87. The fourth-order valence-corrected chi connectivity index (χ4v) is 4.02. The van der Waals surface area contributed by atoms with E-state index in [1.807, 2.05) is 0 Å². The molecule has 0 spiro atoms. The molecule has 2 aromatic heterocycles. The largest absolute Gasteiger partial charge is 0.493 e. The number of nitrogens with one attached hydrogen (secondary N) is 2. The van der Waals surface area contributed by atoms with E-state index in [0.717, 1.165) is 4.68 Å². The van der Waals surface area contributed by atoms with E-state index >= 15 is 4.39 Å². The highest BCUT2D eigenvalue weighted by molar-refractivity contribution is 7.80. The van der Waals surface area contributed by atoms with Crippen molar-refractivity contribution in [3.05, 3.63) is 87.6 Å². The van der Waals surface area contributed by atoms with Crippen molar-refractivity contribution >= 4 is 22.9 Å². The van der Waals surface area contributed by atoms with Crippen molar-refractivity contribution in [2.24, 2.45) is 5.73 Å². The van der Waals surface area contributed by atoms with Gasteiger partial charge in [0.25, 0.3) is 5.95 Å². The van der Waals surface area contributed by atoms with Gasteiger partial charge in [0, 0.05) is 41.2 Å². The number of thiocarbonyl (C=S) groups is 1. The van der Waals surface area contributed by atoms with E-state index in [2.05, 4.69) is 25.4 Å². The van der Waals surface area contributed by atoms with Crippen LogP contribution in [0.1, 0.15) is 28.6 Å². The van der Waals surface area contributed by atoms with Gasteiger partial charge in [-0.3, -0.25) is 4.98 Å². The highest BCUT2D eigenvalue weighted by Crippen LogP contribution is 2.42. The van der Waals surface area contributed by atoms with E-state index in [0.29, 0.717) is 41.3 Å². The van der Waals surface area contributed by atoms with E-state index < -0.39 is 17.5 Å². The summed E-state index contributed by atoms with van der Waals surface area (Å²) in [6, 6.07) is 9.25. The van der Waals surface area contributed by atoms with E-state index in [4.69, 9.17) is 27.4 Å². The molecule has 0 saturated heterocycles. The lowest BCUT2D eigenvalue weighted by atomic mass is 9.99. The summed E-state index contributed by atoms with van der Waals surface area (Å²) in [5, 5.41) is 7.62. The van der Waals surface area contributed by atoms with Crippen molar-refractivity contribution in [1.29, 1.82) is 0 Å². The second-order valence-electron chi connectivity index (χ2n) is 7.68. The quantitative estimate of drug-likeness (QED) is 0.332. The summed E-state index contributed by atoms with van der Waals surface area (Å²) in [6.07, 6.45) is 3.38. The van der Waals surface area contributed by atoms with Crippen LogP contribution in [-0.2, 0) is 6.42 Å². The van der Waals surface area contributed by atoms with Crippen LogP contribution < -0.4 is 26.2 Å². The molecule has 5 rings (SSSR count). The predicted molar refractivity (Wildman–Crippen MR) is 130 cm³/mol. The summed E-state index contributed by atoms with van der Waals surface area (Å²) in [5.74, 6) is 0.533. The third-order valence-electron chi connectivity index (χ3n) is 5.56. The van der Waals surface area contributed by atoms with Crippen LogP contribution in [0.5, 0.6) is 11.5 Å². The van der Waals surface area contributed by atoms with Gasteiger partial charge in [-0.1, -0.05) is 12.2 Å². The van der Waals surface area contributed by atoms with Crippen molar-refractivity contribution in [2.75, 3.05) is 19.0 Å². The van der Waals surface area contributed by atoms with Gasteiger partial charge in [-0.2, -0.15) is 0 Å². The number of nitrogens with two attached hydrogens (primary N) is 1. The molecule has 4 N–H and O–H groups in total. The first-order chi connectivity index (χ1) is 17.0. The third kappa shape index (κ3) is 4.19. The summed E-state index contributed by atoms with van der Waals surface area (Å²) in [4.78, 5) is 23.8. The van der Waals surface area contributed by atoms with Gasteiger partial charge < -0.3 is 20.5 Å². The standard InChI is InChI=1S/C23H20FN7O3S/c1-33-16-11-15(17(24)14-7-10-34-19(14)16)18(28-13-5-3-12(4-6-13)20(25)35)21-29-23(32)31(30-21)22-26-8-2-9-27-22/h2-6,8-9,11,18,28H,7,10H2,1H3,(H2,25,35)(H,29,30,32). The molecule has 1 unspecified atom stereocenters. The minimum atomic E-state index is -0.900. The lowest BCUT2D eigenvalue weighted by Gasteiger charge is -2.21. The van der Waals surface area contributed by atoms with Crippen molar-refractivity contribution in [2.45, 2.75) is 12.5 Å². The number of fused-ring (bicyclic) bond motifs is 1. The normalized spacial score (nSPS) is 13.1. The molecule has 12 heteroatoms. The first-order valence-corrected chi connectivity index (χ1v) is 11.0. The zero-order valence-corrected chi connectivity index (χ0v) is 19.3. The number of benzene rings is 2. The van der Waals surface area contributed by atoms with Crippen molar-refractivity contribution in [1.82, 2.24) is 24.7 Å². The predicted octanol–water partition coefficient (Wildman–Crippen LogP) is 2.27. The Bertz CT molecular complexity index is 1450. The van der Waals surface area contributed by atoms with Crippen LogP contribution in [-0.4, -0.2) is 43.4 Å². The number of anilines is 1. The summed E-state index contributed by atoms with van der Waals surface area (Å²) in [5.41, 5.74) is 7.06. The molecule has 2 aromatic carbocycles. The molecular formula is C23H20FN7O3S. The average molecular weight is 494 g/mol. The van der Waals surface area contributed by atoms with Gasteiger partial charge in [-0.25, -0.2) is 19.2 Å². The van der Waals surface area contributed by atoms with Crippen LogP contribution in [0.3, 0.4) is 0 Å². The molecule has 1 aliphatic heterocycles. The number of ether oxygens (including phenoxy) is 2. The monoisotopic (exact) mass is 493 g/mol. The molecule has 178 valence electrons. The maximum atomic E-state index is 15.8. The summed E-state index contributed by atoms with van der Waals surface area (Å²) < 4.78 is 27.8. The first kappa shape index (κ1) is 22.5. The van der Waals surface area contributed by atoms with Gasteiger partial charge in [0.05, 0.1) is 13.7 Å². The summed E-state index contributed by atoms with van der Waals surface area (Å²) in [6.45, 7) is 0.349. The molecule has 10 nitrogen and oxygen atoms in total. The molecule has 0 aliphatic carbocycles. The molecule has 0 amide bonds. The molecule has 3 heterocycles. The van der Waals surface area contributed by atoms with Crippen LogP contribution in [0.15, 0.2) is 53.6 Å². The Morgan fingerprint density at radius 2 is 2.06 bits per heavy atom. The van der Waals surface area contributed by atoms with E-state index in [1.165, 1.54) is 25.6 Å². The number of nitrogens with zero attached hydrogens (tertiary/aromatic N) is 4. The first-order valence-electron chi connectivity index (χ1n) is 10.6. The molecule has 4 aromatic rings. The highest BCUT2D eigenvalue weighted by Gasteiger charge is 2.31. The molecule has 0 saturated carbocycles. The van der Waals surface area contributed by atoms with Crippen LogP contribution >= 0.6 is 12.2 Å². The molecule has 35 heavy (non-hydrogen) atoms. The number of hydrogen-bond donors (Lipinski definition) is 3. The van der Waals surface area contributed by atoms with Gasteiger partial charge in [-0.15, -0.1) is 9.78 Å². The average Bonchev–Trinajstić information content (AvgIpc) is 3.51. The maximum absolute atomic E-state index is 15.8. The Morgan fingerprint density at radius 1 is 1.31 bits per heavy atom. The number of halogens is 1. The minimum Gasteiger partial charge on any atom is -0.493 e. The van der Waals surface area contributed by atoms with Crippen molar-refractivity contribution in [3.63, 3.8) is 0 Å². The van der Waals surface area contributed by atoms with Crippen LogP contribution in [0.25, 0.3) is 5.95 Å². The smallest absolute Gasteiger partial charge is 0.350 e. The Hall–Kier alpha value is -4.32. The number of rotatable bonds is 7.